The fourth-order valence-electron chi connectivity index (χ4n) is 1.55. The largest absolute Gasteiger partial charge is 0.366 e. The smallest absolute Gasteiger partial charge is 0.131 e. The second-order valence-corrected chi connectivity index (χ2v) is 4.20. The Balaban J connectivity index is 1.93. The van der Waals surface area contributed by atoms with Crippen LogP contribution >= 0.6 is 11.6 Å². The molecule has 90 valence electrons. The third-order valence-electron chi connectivity index (χ3n) is 2.33. The van der Waals surface area contributed by atoms with Crippen molar-refractivity contribution in [1.82, 2.24) is 14.8 Å². The molecule has 0 bridgehead atoms. The summed E-state index contributed by atoms with van der Waals surface area (Å²) in [6.07, 6.45) is 5.00. The van der Waals surface area contributed by atoms with Gasteiger partial charge in [-0.1, -0.05) is 24.6 Å². The number of hydrogen-bond acceptors (Lipinski definition) is 3. The zero-order valence-corrected chi connectivity index (χ0v) is 10.5. The SMILES string of the molecule is CCCn1cc(CNc2cccc(Cl)n2)cn1. The van der Waals surface area contributed by atoms with Crippen LogP contribution in [0.5, 0.6) is 0 Å². The van der Waals surface area contributed by atoms with Gasteiger partial charge in [0.05, 0.1) is 6.20 Å². The van der Waals surface area contributed by atoms with Gasteiger partial charge in [-0.3, -0.25) is 4.68 Å². The van der Waals surface area contributed by atoms with Gasteiger partial charge in [0, 0.05) is 24.8 Å². The highest BCUT2D eigenvalue weighted by molar-refractivity contribution is 6.29. The Morgan fingerprint density at radius 1 is 1.41 bits per heavy atom. The Hall–Kier alpha value is -1.55. The quantitative estimate of drug-likeness (QED) is 0.830. The average molecular weight is 251 g/mol. The van der Waals surface area contributed by atoms with E-state index in [1.165, 1.54) is 0 Å². The van der Waals surface area contributed by atoms with Crippen molar-refractivity contribution in [3.05, 3.63) is 41.3 Å². The van der Waals surface area contributed by atoms with Crippen molar-refractivity contribution in [2.45, 2.75) is 26.4 Å². The topological polar surface area (TPSA) is 42.7 Å². The maximum absolute atomic E-state index is 5.80. The predicted molar refractivity (Wildman–Crippen MR) is 69.1 cm³/mol. The van der Waals surface area contributed by atoms with Crippen LogP contribution in [0.1, 0.15) is 18.9 Å². The molecular formula is C12H15ClN4. The van der Waals surface area contributed by atoms with Crippen LogP contribution in [-0.2, 0) is 13.1 Å². The molecule has 0 aliphatic rings. The molecule has 0 unspecified atom stereocenters. The van der Waals surface area contributed by atoms with Crippen molar-refractivity contribution in [1.29, 1.82) is 0 Å². The molecule has 2 heterocycles. The minimum Gasteiger partial charge on any atom is -0.366 e. The van der Waals surface area contributed by atoms with E-state index in [4.69, 9.17) is 11.6 Å². The van der Waals surface area contributed by atoms with Crippen molar-refractivity contribution in [2.75, 3.05) is 5.32 Å². The summed E-state index contributed by atoms with van der Waals surface area (Å²) in [7, 11) is 0. The minimum absolute atomic E-state index is 0.497. The van der Waals surface area contributed by atoms with E-state index in [0.29, 0.717) is 11.7 Å². The summed E-state index contributed by atoms with van der Waals surface area (Å²) in [5.74, 6) is 0.778. The molecule has 0 saturated carbocycles. The number of nitrogens with one attached hydrogen (secondary N) is 1. The molecule has 0 spiro atoms. The average Bonchev–Trinajstić information content (AvgIpc) is 2.75. The number of aryl methyl sites for hydroxylation is 1. The summed E-state index contributed by atoms with van der Waals surface area (Å²) < 4.78 is 1.95. The summed E-state index contributed by atoms with van der Waals surface area (Å²) in [5, 5.41) is 7.97. The number of nitrogens with zero attached hydrogens (tertiary/aromatic N) is 3. The fourth-order valence-corrected chi connectivity index (χ4v) is 1.71. The molecule has 0 aromatic carbocycles. The zero-order chi connectivity index (χ0) is 12.1. The molecule has 2 rings (SSSR count). The zero-order valence-electron chi connectivity index (χ0n) is 9.73. The predicted octanol–water partition coefficient (Wildman–Crippen LogP) is 2.95. The normalized spacial score (nSPS) is 10.5. The highest BCUT2D eigenvalue weighted by atomic mass is 35.5. The van der Waals surface area contributed by atoms with Crippen molar-refractivity contribution in [3.63, 3.8) is 0 Å². The van der Waals surface area contributed by atoms with E-state index in [1.54, 1.807) is 6.07 Å². The van der Waals surface area contributed by atoms with Crippen LogP contribution in [0.4, 0.5) is 5.82 Å². The summed E-state index contributed by atoms with van der Waals surface area (Å²) in [5.41, 5.74) is 1.14. The van der Waals surface area contributed by atoms with Crippen LogP contribution in [0.25, 0.3) is 0 Å². The lowest BCUT2D eigenvalue weighted by molar-refractivity contribution is 0.602. The number of pyridine rings is 1. The maximum Gasteiger partial charge on any atom is 0.131 e. The second kappa shape index (κ2) is 5.68. The van der Waals surface area contributed by atoms with Crippen LogP contribution in [0.2, 0.25) is 5.15 Å². The van der Waals surface area contributed by atoms with E-state index in [-0.39, 0.29) is 0 Å². The van der Waals surface area contributed by atoms with Crippen molar-refractivity contribution in [3.8, 4) is 0 Å². The van der Waals surface area contributed by atoms with Crippen molar-refractivity contribution >= 4 is 17.4 Å². The Labute approximate surface area is 106 Å². The second-order valence-electron chi connectivity index (χ2n) is 3.81. The van der Waals surface area contributed by atoms with E-state index in [1.807, 2.05) is 29.2 Å². The molecule has 0 radical (unpaired) electrons. The Morgan fingerprint density at radius 3 is 3.06 bits per heavy atom. The van der Waals surface area contributed by atoms with E-state index in [9.17, 15) is 0 Å². The summed E-state index contributed by atoms with van der Waals surface area (Å²) in [4.78, 5) is 4.16. The minimum atomic E-state index is 0.497. The van der Waals surface area contributed by atoms with Gasteiger partial charge in [0.1, 0.15) is 11.0 Å². The molecule has 2 aromatic heterocycles. The third kappa shape index (κ3) is 3.46. The first-order valence-corrected chi connectivity index (χ1v) is 6.03. The molecule has 17 heavy (non-hydrogen) atoms. The number of anilines is 1. The van der Waals surface area contributed by atoms with Crippen LogP contribution in [0, 0.1) is 0 Å². The maximum atomic E-state index is 5.80. The summed E-state index contributed by atoms with van der Waals surface area (Å²) in [6.45, 7) is 3.79. The Morgan fingerprint density at radius 2 is 2.29 bits per heavy atom. The molecule has 0 atom stereocenters. The molecule has 0 aliphatic carbocycles. The van der Waals surface area contributed by atoms with Gasteiger partial charge in [-0.2, -0.15) is 5.10 Å². The molecule has 0 fully saturated rings. The molecule has 4 nitrogen and oxygen atoms in total. The number of halogens is 1. The van der Waals surface area contributed by atoms with Gasteiger partial charge in [-0.25, -0.2) is 4.98 Å². The number of hydrogen-bond donors (Lipinski definition) is 1. The van der Waals surface area contributed by atoms with Gasteiger partial charge in [-0.15, -0.1) is 0 Å². The molecule has 0 amide bonds. The van der Waals surface area contributed by atoms with E-state index in [0.717, 1.165) is 24.3 Å². The highest BCUT2D eigenvalue weighted by Crippen LogP contribution is 2.10. The van der Waals surface area contributed by atoms with Gasteiger partial charge < -0.3 is 5.32 Å². The fraction of sp³-hybridized carbons (Fsp3) is 0.333. The van der Waals surface area contributed by atoms with Gasteiger partial charge in [0.25, 0.3) is 0 Å². The van der Waals surface area contributed by atoms with Crippen LogP contribution in [-0.4, -0.2) is 14.8 Å². The summed E-state index contributed by atoms with van der Waals surface area (Å²) in [6, 6.07) is 5.52. The highest BCUT2D eigenvalue weighted by Gasteiger charge is 1.99. The van der Waals surface area contributed by atoms with Crippen LogP contribution < -0.4 is 5.32 Å². The molecule has 2 aromatic rings. The Bertz CT molecular complexity index is 481. The number of rotatable bonds is 5. The molecular weight excluding hydrogens is 236 g/mol. The molecule has 0 aliphatic heterocycles. The first kappa shape index (κ1) is 11.9. The Kier molecular flexibility index (Phi) is 3.98. The van der Waals surface area contributed by atoms with E-state index >= 15 is 0 Å². The lowest BCUT2D eigenvalue weighted by Gasteiger charge is -2.03. The van der Waals surface area contributed by atoms with Gasteiger partial charge in [-0.05, 0) is 18.6 Å². The van der Waals surface area contributed by atoms with Crippen LogP contribution in [0.3, 0.4) is 0 Å². The van der Waals surface area contributed by atoms with Gasteiger partial charge in [0.2, 0.25) is 0 Å². The van der Waals surface area contributed by atoms with E-state index in [2.05, 4.69) is 22.3 Å². The van der Waals surface area contributed by atoms with Crippen molar-refractivity contribution < 1.29 is 0 Å². The lowest BCUT2D eigenvalue weighted by Crippen LogP contribution is -2.00. The first-order valence-electron chi connectivity index (χ1n) is 5.65. The lowest BCUT2D eigenvalue weighted by atomic mass is 10.3. The van der Waals surface area contributed by atoms with Gasteiger partial charge in [0.15, 0.2) is 0 Å². The van der Waals surface area contributed by atoms with Gasteiger partial charge >= 0.3 is 0 Å². The van der Waals surface area contributed by atoms with Crippen LogP contribution in [0.15, 0.2) is 30.6 Å². The van der Waals surface area contributed by atoms with E-state index < -0.39 is 0 Å². The molecule has 1 N–H and O–H groups in total. The molecule has 0 saturated heterocycles. The first-order chi connectivity index (χ1) is 8.28. The third-order valence-corrected chi connectivity index (χ3v) is 2.54. The monoisotopic (exact) mass is 250 g/mol. The summed E-state index contributed by atoms with van der Waals surface area (Å²) >= 11 is 5.80. The molecule has 5 heteroatoms. The van der Waals surface area contributed by atoms with Crippen molar-refractivity contribution in [2.24, 2.45) is 0 Å². The standard InChI is InChI=1S/C12H15ClN4/c1-2-6-17-9-10(8-15-17)7-14-12-5-3-4-11(13)16-12/h3-5,8-9H,2,6-7H2,1H3,(H,14,16). The number of aromatic nitrogens is 3.